The van der Waals surface area contributed by atoms with Crippen LogP contribution in [0.15, 0.2) is 48.5 Å². The smallest absolute Gasteiger partial charge is 0.289 e. The van der Waals surface area contributed by atoms with Crippen molar-refractivity contribution in [3.63, 3.8) is 0 Å². The van der Waals surface area contributed by atoms with Crippen molar-refractivity contribution in [2.24, 2.45) is 5.73 Å². The number of ether oxygens (including phenoxy) is 1. The Morgan fingerprint density at radius 3 is 2.39 bits per heavy atom. The van der Waals surface area contributed by atoms with Gasteiger partial charge in [-0.25, -0.2) is 0 Å². The van der Waals surface area contributed by atoms with Crippen molar-refractivity contribution in [1.29, 1.82) is 0 Å². The molecule has 2 N–H and O–H groups in total. The number of halogens is 1. The molecule has 2 aromatic carbocycles. The Kier molecular flexibility index (Phi) is 6.13. The minimum Gasteiger partial charge on any atom is -0.484 e. The van der Waals surface area contributed by atoms with Gasteiger partial charge in [0, 0.05) is 34.8 Å². The number of primary amides is 1. The highest BCUT2D eigenvalue weighted by Crippen LogP contribution is 2.35. The summed E-state index contributed by atoms with van der Waals surface area (Å²) in [6.07, 6.45) is 0.528. The van der Waals surface area contributed by atoms with Crippen LogP contribution in [0.4, 0.5) is 0 Å². The van der Waals surface area contributed by atoms with Gasteiger partial charge < -0.3 is 15.0 Å². The molecule has 0 fully saturated rings. The number of nitrogens with two attached hydrogens (primary N) is 1. The van der Waals surface area contributed by atoms with E-state index in [0.717, 1.165) is 11.1 Å². The first kappa shape index (κ1) is 20.1. The zero-order valence-electron chi connectivity index (χ0n) is 15.3. The second-order valence-corrected chi connectivity index (χ2v) is 7.44. The van der Waals surface area contributed by atoms with E-state index < -0.39 is 11.7 Å². The first-order valence-electron chi connectivity index (χ1n) is 8.77. The molecule has 1 aromatic heterocycles. The Hall–Kier alpha value is -2.68. The number of ketones is 1. The van der Waals surface area contributed by atoms with Crippen LogP contribution in [0.5, 0.6) is 5.75 Å². The molecule has 1 heterocycles. The van der Waals surface area contributed by atoms with Gasteiger partial charge in [0.1, 0.15) is 5.75 Å². The zero-order chi connectivity index (χ0) is 20.3. The zero-order valence-corrected chi connectivity index (χ0v) is 17.4. The first-order chi connectivity index (χ1) is 13.4. The molecule has 1 amide bonds. The van der Waals surface area contributed by atoms with E-state index in [0.29, 0.717) is 29.8 Å². The quantitative estimate of drug-likeness (QED) is 0.227. The molecule has 3 rings (SSSR count). The predicted octanol–water partition coefficient (Wildman–Crippen LogP) is 3.26. The molecule has 144 valence electrons. The van der Waals surface area contributed by atoms with Gasteiger partial charge in [-0.3, -0.25) is 14.4 Å². The van der Waals surface area contributed by atoms with E-state index in [9.17, 15) is 14.4 Å². The fraction of sp³-hybridized carbons (Fsp3) is 0.190. The summed E-state index contributed by atoms with van der Waals surface area (Å²) in [6, 6.07) is 15.2. The Morgan fingerprint density at radius 1 is 1.07 bits per heavy atom. The minimum absolute atomic E-state index is 0.130. The van der Waals surface area contributed by atoms with Crippen molar-refractivity contribution < 1.29 is 19.1 Å². The number of Topliss-reactive ketones (excluding diaryl/α,β-unsaturated/α-hetero) is 1. The second-order valence-electron chi connectivity index (χ2n) is 6.23. The lowest BCUT2D eigenvalue weighted by Crippen LogP contribution is -2.24. The minimum atomic E-state index is -1.02. The van der Waals surface area contributed by atoms with E-state index in [4.69, 9.17) is 10.5 Å². The van der Waals surface area contributed by atoms with Gasteiger partial charge in [0.05, 0.1) is 16.5 Å². The summed E-state index contributed by atoms with van der Waals surface area (Å²) in [6.45, 7) is 2.32. The van der Waals surface area contributed by atoms with Crippen molar-refractivity contribution in [1.82, 2.24) is 4.57 Å². The Labute approximate surface area is 175 Å². The van der Waals surface area contributed by atoms with Crippen molar-refractivity contribution >= 4 is 49.0 Å². The average molecular weight is 490 g/mol. The number of carbonyl (C=O) groups excluding carboxylic acids is 3. The maximum absolute atomic E-state index is 12.7. The van der Waals surface area contributed by atoms with Crippen LogP contribution in [0.2, 0.25) is 0 Å². The van der Waals surface area contributed by atoms with Crippen LogP contribution >= 0.6 is 22.6 Å². The molecule has 0 spiro atoms. The van der Waals surface area contributed by atoms with Crippen LogP contribution in [-0.4, -0.2) is 26.7 Å². The molecule has 0 aliphatic carbocycles. The molecule has 7 heteroatoms. The maximum Gasteiger partial charge on any atom is 0.289 e. The maximum atomic E-state index is 12.7. The molecule has 0 unspecified atom stereocenters. The topological polar surface area (TPSA) is 91.4 Å². The van der Waals surface area contributed by atoms with Crippen LogP contribution in [-0.2, 0) is 22.6 Å². The summed E-state index contributed by atoms with van der Waals surface area (Å²) in [7, 11) is 0. The summed E-state index contributed by atoms with van der Waals surface area (Å²) in [5, 5.41) is 0.511. The van der Waals surface area contributed by atoms with E-state index in [1.807, 2.05) is 47.9 Å². The largest absolute Gasteiger partial charge is 0.484 e. The third-order valence-corrected chi connectivity index (χ3v) is 4.78. The molecule has 0 bridgehead atoms. The van der Waals surface area contributed by atoms with E-state index in [-0.39, 0.29) is 16.0 Å². The van der Waals surface area contributed by atoms with Gasteiger partial charge in [-0.05, 0) is 24.1 Å². The van der Waals surface area contributed by atoms with Crippen molar-refractivity contribution in [3.05, 3.63) is 65.4 Å². The highest BCUT2D eigenvalue weighted by Gasteiger charge is 2.27. The van der Waals surface area contributed by atoms with Crippen LogP contribution < -0.4 is 10.5 Å². The Balaban J connectivity index is 2.27. The number of amides is 1. The second kappa shape index (κ2) is 8.55. The van der Waals surface area contributed by atoms with Crippen LogP contribution in [0, 0.1) is 0 Å². The lowest BCUT2D eigenvalue weighted by atomic mass is 10.0. The molecule has 0 radical (unpaired) electrons. The van der Waals surface area contributed by atoms with E-state index >= 15 is 0 Å². The summed E-state index contributed by atoms with van der Waals surface area (Å²) in [5.41, 5.74) is 8.09. The number of aromatic nitrogens is 1. The number of fused-ring (bicyclic) bond motifs is 1. The fourth-order valence-electron chi connectivity index (χ4n) is 3.36. The summed E-state index contributed by atoms with van der Waals surface area (Å²) < 4.78 is 7.47. The fourth-order valence-corrected chi connectivity index (χ4v) is 3.51. The van der Waals surface area contributed by atoms with Gasteiger partial charge in [-0.2, -0.15) is 0 Å². The third kappa shape index (κ3) is 3.94. The van der Waals surface area contributed by atoms with Gasteiger partial charge >= 0.3 is 0 Å². The van der Waals surface area contributed by atoms with Crippen LogP contribution in [0.1, 0.15) is 28.5 Å². The molecule has 0 aliphatic heterocycles. The molecule has 0 saturated heterocycles. The average Bonchev–Trinajstić information content (AvgIpc) is 3.00. The van der Waals surface area contributed by atoms with Gasteiger partial charge in [0.15, 0.2) is 6.61 Å². The molecular formula is C21H19IN2O4. The lowest BCUT2D eigenvalue weighted by Gasteiger charge is -2.11. The summed E-state index contributed by atoms with van der Waals surface area (Å²) in [4.78, 5) is 35.8. The van der Waals surface area contributed by atoms with Gasteiger partial charge in [0.2, 0.25) is 3.79 Å². The molecule has 6 nitrogen and oxygen atoms in total. The molecule has 0 aliphatic rings. The molecular weight excluding hydrogens is 471 g/mol. The van der Waals surface area contributed by atoms with Crippen molar-refractivity contribution in [2.75, 3.05) is 6.61 Å². The lowest BCUT2D eigenvalue weighted by molar-refractivity contribution is -0.114. The van der Waals surface area contributed by atoms with E-state index in [2.05, 4.69) is 0 Å². The predicted molar refractivity (Wildman–Crippen MR) is 115 cm³/mol. The number of rotatable bonds is 8. The van der Waals surface area contributed by atoms with Gasteiger partial charge in [-0.15, -0.1) is 0 Å². The summed E-state index contributed by atoms with van der Waals surface area (Å²) in [5.74, 6) is -1.40. The van der Waals surface area contributed by atoms with Crippen molar-refractivity contribution in [2.45, 2.75) is 19.9 Å². The number of hydrogen-bond donors (Lipinski definition) is 1. The standard InChI is InChI=1S/C21H19IN2O4/c1-2-14-19(20(26)21(23)27)18-15(9-6-10-16(18)28-12-17(22)25)24(14)11-13-7-4-3-5-8-13/h3-10H,2,11-12H2,1H3,(H2,23,27). The Morgan fingerprint density at radius 2 is 1.79 bits per heavy atom. The number of hydrogen-bond acceptors (Lipinski definition) is 4. The molecule has 3 aromatic rings. The summed E-state index contributed by atoms with van der Waals surface area (Å²) >= 11 is 1.65. The van der Waals surface area contributed by atoms with Gasteiger partial charge in [0.25, 0.3) is 11.7 Å². The normalized spacial score (nSPS) is 10.8. The molecule has 28 heavy (non-hydrogen) atoms. The van der Waals surface area contributed by atoms with Crippen molar-refractivity contribution in [3.8, 4) is 5.75 Å². The SMILES string of the molecule is CCc1c(C(=O)C(N)=O)c2c(OCC(=O)I)cccc2n1Cc1ccccc1. The first-order valence-corrected chi connectivity index (χ1v) is 9.85. The monoisotopic (exact) mass is 490 g/mol. The molecule has 0 atom stereocenters. The third-order valence-electron chi connectivity index (χ3n) is 4.47. The van der Waals surface area contributed by atoms with Gasteiger partial charge in [-0.1, -0.05) is 43.3 Å². The van der Waals surface area contributed by atoms with Crippen LogP contribution in [0.25, 0.3) is 10.9 Å². The number of nitrogens with zero attached hydrogens (tertiary/aromatic N) is 1. The van der Waals surface area contributed by atoms with E-state index in [1.165, 1.54) is 0 Å². The number of benzene rings is 2. The Bertz CT molecular complexity index is 1060. The molecule has 0 saturated carbocycles. The number of carbonyl (C=O) groups is 3. The highest BCUT2D eigenvalue weighted by atomic mass is 127. The van der Waals surface area contributed by atoms with Crippen LogP contribution in [0.3, 0.4) is 0 Å². The highest BCUT2D eigenvalue weighted by molar-refractivity contribution is 14.1. The van der Waals surface area contributed by atoms with E-state index in [1.54, 1.807) is 34.7 Å².